The number of hydrogen-bond acceptors (Lipinski definition) is 2. The summed E-state index contributed by atoms with van der Waals surface area (Å²) in [6, 6.07) is 12.5. The van der Waals surface area contributed by atoms with Crippen LogP contribution in [0.15, 0.2) is 42.5 Å². The van der Waals surface area contributed by atoms with Gasteiger partial charge < -0.3 is 10.5 Å². The van der Waals surface area contributed by atoms with E-state index >= 15 is 0 Å². The number of benzene rings is 2. The third kappa shape index (κ3) is 4.02. The monoisotopic (exact) mass is 291 g/mol. The van der Waals surface area contributed by atoms with Gasteiger partial charge in [-0.2, -0.15) is 8.78 Å². The molecule has 21 heavy (non-hydrogen) atoms. The summed E-state index contributed by atoms with van der Waals surface area (Å²) < 4.78 is 28.5. The second-order valence-corrected chi connectivity index (χ2v) is 5.13. The van der Waals surface area contributed by atoms with Gasteiger partial charge in [-0.3, -0.25) is 0 Å². The number of nitrogens with two attached hydrogens (primary N) is 1. The highest BCUT2D eigenvalue weighted by Crippen LogP contribution is 2.23. The third-order valence-electron chi connectivity index (χ3n) is 3.60. The SMILES string of the molecule is Cc1cccc(C)c1CC(N)c1ccc(OC(F)F)cc1. The van der Waals surface area contributed by atoms with E-state index in [1.807, 2.05) is 6.07 Å². The van der Waals surface area contributed by atoms with Gasteiger partial charge in [-0.05, 0) is 54.7 Å². The number of ether oxygens (including phenoxy) is 1. The second kappa shape index (κ2) is 6.68. The van der Waals surface area contributed by atoms with Gasteiger partial charge in [0, 0.05) is 6.04 Å². The van der Waals surface area contributed by atoms with Crippen LogP contribution in [0, 0.1) is 13.8 Å². The zero-order valence-corrected chi connectivity index (χ0v) is 12.1. The van der Waals surface area contributed by atoms with Crippen molar-refractivity contribution in [2.24, 2.45) is 5.73 Å². The molecule has 2 N–H and O–H groups in total. The summed E-state index contributed by atoms with van der Waals surface area (Å²) in [5, 5.41) is 0. The Labute approximate surface area is 123 Å². The third-order valence-corrected chi connectivity index (χ3v) is 3.60. The molecule has 0 aliphatic rings. The lowest BCUT2D eigenvalue weighted by molar-refractivity contribution is -0.0498. The Balaban J connectivity index is 2.11. The lowest BCUT2D eigenvalue weighted by atomic mass is 9.93. The molecular weight excluding hydrogens is 272 g/mol. The van der Waals surface area contributed by atoms with Crippen LogP contribution < -0.4 is 10.5 Å². The Kier molecular flexibility index (Phi) is 4.91. The van der Waals surface area contributed by atoms with Crippen molar-refractivity contribution in [3.63, 3.8) is 0 Å². The largest absolute Gasteiger partial charge is 0.435 e. The highest BCUT2D eigenvalue weighted by Gasteiger charge is 2.11. The van der Waals surface area contributed by atoms with Crippen molar-refractivity contribution in [2.45, 2.75) is 32.9 Å². The molecular formula is C17H19F2NO. The van der Waals surface area contributed by atoms with Crippen LogP contribution >= 0.6 is 0 Å². The number of rotatable bonds is 5. The molecule has 2 nitrogen and oxygen atoms in total. The Morgan fingerprint density at radius 2 is 1.57 bits per heavy atom. The van der Waals surface area contributed by atoms with Crippen molar-refractivity contribution in [2.75, 3.05) is 0 Å². The van der Waals surface area contributed by atoms with Crippen molar-refractivity contribution >= 4 is 0 Å². The Hall–Kier alpha value is -1.94. The van der Waals surface area contributed by atoms with Gasteiger partial charge in [-0.1, -0.05) is 30.3 Å². The number of halogens is 2. The fraction of sp³-hybridized carbons (Fsp3) is 0.294. The first kappa shape index (κ1) is 15.4. The molecule has 0 saturated carbocycles. The van der Waals surface area contributed by atoms with E-state index in [2.05, 4.69) is 30.7 Å². The van der Waals surface area contributed by atoms with Gasteiger partial charge in [0.05, 0.1) is 0 Å². The van der Waals surface area contributed by atoms with E-state index in [1.165, 1.54) is 28.8 Å². The Morgan fingerprint density at radius 1 is 1.00 bits per heavy atom. The van der Waals surface area contributed by atoms with Gasteiger partial charge in [0.15, 0.2) is 0 Å². The first-order valence-corrected chi connectivity index (χ1v) is 6.83. The van der Waals surface area contributed by atoms with Crippen LogP contribution in [-0.4, -0.2) is 6.61 Å². The van der Waals surface area contributed by atoms with Gasteiger partial charge in [-0.15, -0.1) is 0 Å². The highest BCUT2D eigenvalue weighted by atomic mass is 19.3. The van der Waals surface area contributed by atoms with Gasteiger partial charge in [0.25, 0.3) is 0 Å². The van der Waals surface area contributed by atoms with Crippen LogP contribution in [-0.2, 0) is 6.42 Å². The summed E-state index contributed by atoms with van der Waals surface area (Å²) in [7, 11) is 0. The summed E-state index contributed by atoms with van der Waals surface area (Å²) in [6.07, 6.45) is 0.716. The Bertz CT molecular complexity index is 576. The van der Waals surface area contributed by atoms with Crippen molar-refractivity contribution in [3.05, 3.63) is 64.7 Å². The summed E-state index contributed by atoms with van der Waals surface area (Å²) in [4.78, 5) is 0. The van der Waals surface area contributed by atoms with E-state index in [4.69, 9.17) is 5.73 Å². The summed E-state index contributed by atoms with van der Waals surface area (Å²) in [5.41, 5.74) is 10.8. The molecule has 0 bridgehead atoms. The van der Waals surface area contributed by atoms with E-state index in [0.29, 0.717) is 6.42 Å². The number of aryl methyl sites for hydroxylation is 2. The predicted octanol–water partition coefficient (Wildman–Crippen LogP) is 4.15. The molecule has 0 radical (unpaired) electrons. The van der Waals surface area contributed by atoms with Gasteiger partial charge >= 0.3 is 6.61 Å². The summed E-state index contributed by atoms with van der Waals surface area (Å²) >= 11 is 0. The molecule has 0 spiro atoms. The fourth-order valence-electron chi connectivity index (χ4n) is 2.41. The van der Waals surface area contributed by atoms with E-state index in [1.54, 1.807) is 12.1 Å². The first-order valence-electron chi connectivity index (χ1n) is 6.83. The highest BCUT2D eigenvalue weighted by molar-refractivity contribution is 5.36. The molecule has 0 aromatic heterocycles. The van der Waals surface area contributed by atoms with Crippen LogP contribution in [0.25, 0.3) is 0 Å². The van der Waals surface area contributed by atoms with Crippen LogP contribution in [0.2, 0.25) is 0 Å². The molecule has 0 saturated heterocycles. The van der Waals surface area contributed by atoms with Gasteiger partial charge in [0.1, 0.15) is 5.75 Å². The molecule has 0 heterocycles. The van der Waals surface area contributed by atoms with E-state index in [9.17, 15) is 8.78 Å². The number of alkyl halides is 2. The molecule has 0 aliphatic heterocycles. The quantitative estimate of drug-likeness (QED) is 0.898. The number of hydrogen-bond donors (Lipinski definition) is 1. The smallest absolute Gasteiger partial charge is 0.387 e. The van der Waals surface area contributed by atoms with E-state index < -0.39 is 6.61 Å². The molecule has 112 valence electrons. The van der Waals surface area contributed by atoms with E-state index in [0.717, 1.165) is 5.56 Å². The summed E-state index contributed by atoms with van der Waals surface area (Å²) in [5.74, 6) is 0.146. The average Bonchev–Trinajstić information content (AvgIpc) is 2.43. The molecule has 2 rings (SSSR count). The van der Waals surface area contributed by atoms with E-state index in [-0.39, 0.29) is 11.8 Å². The molecule has 0 fully saturated rings. The molecule has 2 aromatic rings. The zero-order chi connectivity index (χ0) is 15.4. The maximum atomic E-state index is 12.1. The van der Waals surface area contributed by atoms with Crippen LogP contribution in [0.1, 0.15) is 28.3 Å². The van der Waals surface area contributed by atoms with Gasteiger partial charge in [-0.25, -0.2) is 0 Å². The lowest BCUT2D eigenvalue weighted by Gasteiger charge is -2.16. The molecule has 0 amide bonds. The van der Waals surface area contributed by atoms with Crippen molar-refractivity contribution in [1.29, 1.82) is 0 Å². The Morgan fingerprint density at radius 3 is 2.10 bits per heavy atom. The van der Waals surface area contributed by atoms with Crippen molar-refractivity contribution in [1.82, 2.24) is 0 Å². The summed E-state index contributed by atoms with van der Waals surface area (Å²) in [6.45, 7) is 1.32. The lowest BCUT2D eigenvalue weighted by Crippen LogP contribution is -2.14. The van der Waals surface area contributed by atoms with Crippen LogP contribution in [0.5, 0.6) is 5.75 Å². The standard InChI is InChI=1S/C17H19F2NO/c1-11-4-3-5-12(2)15(11)10-16(20)13-6-8-14(9-7-13)21-17(18)19/h3-9,16-17H,10,20H2,1-2H3. The minimum absolute atomic E-state index is 0.146. The zero-order valence-electron chi connectivity index (χ0n) is 12.1. The second-order valence-electron chi connectivity index (χ2n) is 5.13. The first-order chi connectivity index (χ1) is 9.97. The van der Waals surface area contributed by atoms with Gasteiger partial charge in [0.2, 0.25) is 0 Å². The molecule has 2 aromatic carbocycles. The maximum Gasteiger partial charge on any atom is 0.387 e. The molecule has 1 atom stereocenters. The van der Waals surface area contributed by atoms with Crippen molar-refractivity contribution < 1.29 is 13.5 Å². The average molecular weight is 291 g/mol. The topological polar surface area (TPSA) is 35.2 Å². The molecule has 4 heteroatoms. The fourth-order valence-corrected chi connectivity index (χ4v) is 2.41. The molecule has 0 aliphatic carbocycles. The minimum Gasteiger partial charge on any atom is -0.435 e. The van der Waals surface area contributed by atoms with Crippen molar-refractivity contribution in [3.8, 4) is 5.75 Å². The maximum absolute atomic E-state index is 12.1. The molecule has 1 unspecified atom stereocenters. The van der Waals surface area contributed by atoms with Crippen LogP contribution in [0.3, 0.4) is 0 Å². The van der Waals surface area contributed by atoms with Crippen LogP contribution in [0.4, 0.5) is 8.78 Å². The normalized spacial score (nSPS) is 12.5. The minimum atomic E-state index is -2.81. The predicted molar refractivity (Wildman–Crippen MR) is 79.6 cm³/mol.